The molecule has 3 aromatic rings. The van der Waals surface area contributed by atoms with E-state index in [2.05, 4.69) is 15.3 Å². The Labute approximate surface area is 238 Å². The highest BCUT2D eigenvalue weighted by molar-refractivity contribution is 6.31. The zero-order valence-electron chi connectivity index (χ0n) is 21.1. The molecule has 3 heterocycles. The van der Waals surface area contributed by atoms with Crippen molar-refractivity contribution in [2.24, 2.45) is 5.41 Å². The molecule has 1 spiro atoms. The first-order chi connectivity index (χ1) is 18.9. The molecule has 2 atom stereocenters. The van der Waals surface area contributed by atoms with E-state index in [4.69, 9.17) is 33.7 Å². The predicted molar refractivity (Wildman–Crippen MR) is 146 cm³/mol. The molecule has 2 aliphatic heterocycles. The van der Waals surface area contributed by atoms with Gasteiger partial charge in [0.05, 0.1) is 0 Å². The van der Waals surface area contributed by atoms with Crippen molar-refractivity contribution in [3.05, 3.63) is 64.1 Å². The molecule has 2 saturated heterocycles. The number of aromatic nitrogens is 2. The van der Waals surface area contributed by atoms with Crippen LogP contribution in [0.4, 0.5) is 24.9 Å². The van der Waals surface area contributed by atoms with Crippen LogP contribution in [0.5, 0.6) is 5.88 Å². The van der Waals surface area contributed by atoms with Gasteiger partial charge in [0.15, 0.2) is 0 Å². The number of benzene rings is 2. The van der Waals surface area contributed by atoms with Crippen LogP contribution in [0.15, 0.2) is 48.5 Å². The molecule has 8 nitrogen and oxygen atoms in total. The number of alkyl halides is 3. The highest BCUT2D eigenvalue weighted by Crippen LogP contribution is 2.43. The van der Waals surface area contributed by atoms with Gasteiger partial charge in [0.1, 0.15) is 11.9 Å². The zero-order valence-corrected chi connectivity index (χ0v) is 22.6. The van der Waals surface area contributed by atoms with Crippen LogP contribution in [0.3, 0.4) is 0 Å². The van der Waals surface area contributed by atoms with Gasteiger partial charge in [-0.25, -0.2) is 0 Å². The van der Waals surface area contributed by atoms with E-state index >= 15 is 0 Å². The maximum absolute atomic E-state index is 14.5. The highest BCUT2D eigenvalue weighted by Gasteiger charge is 2.46. The number of carboxylic acid groups (broad SMARTS) is 1. The average molecular weight is 596 g/mol. The van der Waals surface area contributed by atoms with Crippen LogP contribution in [-0.4, -0.2) is 52.9 Å². The number of ether oxygens (including phenoxy) is 1. The Bertz CT molecular complexity index is 1420. The number of anilines is 2. The minimum Gasteiger partial charge on any atom is -0.480 e. The van der Waals surface area contributed by atoms with Gasteiger partial charge < -0.3 is 25.8 Å². The first-order valence-corrected chi connectivity index (χ1v) is 13.3. The molecule has 2 aromatic carbocycles. The number of carbonyl (C=O) groups is 1. The molecule has 0 aliphatic carbocycles. The summed E-state index contributed by atoms with van der Waals surface area (Å²) >= 11 is 12.3. The lowest BCUT2D eigenvalue weighted by Gasteiger charge is -2.39. The summed E-state index contributed by atoms with van der Waals surface area (Å²) in [7, 11) is 0. The first kappa shape index (κ1) is 28.3. The number of hydrogen-bond acceptors (Lipinski definition) is 7. The number of rotatable bonds is 6. The standard InChI is InChI=1S/C27H26Cl2F3N5O3/c28-16-3-1-2-15(10-16)19-11-17(29)4-5-18(19)23(27(30,31)32)40-22-12-21(35-25(33)36-22)37-8-6-26(7-9-37)13-20(24(38)39)34-14-26/h1-5,10-12,20,23,34H,6-9,13-14H2,(H,38,39)(H2,33,35,36)/t20-,23?/m0/s1. The summed E-state index contributed by atoms with van der Waals surface area (Å²) in [6, 6.07) is 11.3. The Balaban J connectivity index is 1.41. The largest absolute Gasteiger partial charge is 0.480 e. The Morgan fingerprint density at radius 2 is 1.85 bits per heavy atom. The van der Waals surface area contributed by atoms with Gasteiger partial charge in [-0.15, -0.1) is 0 Å². The molecule has 13 heteroatoms. The van der Waals surface area contributed by atoms with Gasteiger partial charge in [-0.05, 0) is 60.1 Å². The van der Waals surface area contributed by atoms with Crippen molar-refractivity contribution in [1.82, 2.24) is 15.3 Å². The SMILES string of the molecule is Nc1nc(OC(c2ccc(Cl)cc2-c2cccc(Cl)c2)C(F)(F)F)cc(N2CCC3(CC2)CN[C@H](C(=O)O)C3)n1. The lowest BCUT2D eigenvalue weighted by atomic mass is 9.76. The third-order valence-corrected chi connectivity index (χ3v) is 7.95. The maximum atomic E-state index is 14.5. The lowest BCUT2D eigenvalue weighted by Crippen LogP contribution is -2.41. The molecule has 1 unspecified atom stereocenters. The Kier molecular flexibility index (Phi) is 7.73. The summed E-state index contributed by atoms with van der Waals surface area (Å²) in [5.74, 6) is -1.09. The number of nitrogens with two attached hydrogens (primary N) is 1. The summed E-state index contributed by atoms with van der Waals surface area (Å²) in [6.07, 6.45) is -5.27. The molecule has 40 heavy (non-hydrogen) atoms. The van der Waals surface area contributed by atoms with E-state index in [9.17, 15) is 23.1 Å². The second-order valence-electron chi connectivity index (χ2n) is 10.2. The molecule has 1 aromatic heterocycles. The molecule has 2 fully saturated rings. The van der Waals surface area contributed by atoms with Gasteiger partial charge in [0, 0.05) is 41.3 Å². The zero-order chi connectivity index (χ0) is 28.7. The maximum Gasteiger partial charge on any atom is 0.429 e. The van der Waals surface area contributed by atoms with Crippen molar-refractivity contribution in [2.45, 2.75) is 37.6 Å². The van der Waals surface area contributed by atoms with Gasteiger partial charge in [-0.1, -0.05) is 41.4 Å². The molecule has 212 valence electrons. The highest BCUT2D eigenvalue weighted by atomic mass is 35.5. The van der Waals surface area contributed by atoms with Crippen molar-refractivity contribution >= 4 is 40.9 Å². The van der Waals surface area contributed by atoms with Gasteiger partial charge in [-0.2, -0.15) is 23.1 Å². The summed E-state index contributed by atoms with van der Waals surface area (Å²) in [5, 5.41) is 13.0. The number of aliphatic carboxylic acids is 1. The summed E-state index contributed by atoms with van der Waals surface area (Å²) in [4.78, 5) is 21.4. The van der Waals surface area contributed by atoms with Gasteiger partial charge in [0.25, 0.3) is 0 Å². The predicted octanol–water partition coefficient (Wildman–Crippen LogP) is 5.75. The minimum atomic E-state index is -4.81. The molecule has 0 radical (unpaired) electrons. The van der Waals surface area contributed by atoms with Crippen LogP contribution in [0.2, 0.25) is 10.0 Å². The Morgan fingerprint density at radius 3 is 2.50 bits per heavy atom. The summed E-state index contributed by atoms with van der Waals surface area (Å²) < 4.78 is 48.9. The van der Waals surface area contributed by atoms with Crippen molar-refractivity contribution in [3.8, 4) is 17.0 Å². The number of nitrogens with one attached hydrogen (secondary N) is 1. The second kappa shape index (κ2) is 10.9. The number of halogens is 5. The monoisotopic (exact) mass is 595 g/mol. The van der Waals surface area contributed by atoms with Gasteiger partial charge >= 0.3 is 12.1 Å². The van der Waals surface area contributed by atoms with Crippen molar-refractivity contribution in [3.63, 3.8) is 0 Å². The normalized spacial score (nSPS) is 19.5. The van der Waals surface area contributed by atoms with E-state index in [0.29, 0.717) is 55.3 Å². The van der Waals surface area contributed by atoms with Crippen LogP contribution >= 0.6 is 23.2 Å². The number of hydrogen-bond donors (Lipinski definition) is 3. The summed E-state index contributed by atoms with van der Waals surface area (Å²) in [6.45, 7) is 1.66. The molecular formula is C27H26Cl2F3N5O3. The van der Waals surface area contributed by atoms with Crippen LogP contribution in [0, 0.1) is 5.41 Å². The fraction of sp³-hybridized carbons (Fsp3) is 0.370. The smallest absolute Gasteiger partial charge is 0.429 e. The van der Waals surface area contributed by atoms with E-state index in [1.54, 1.807) is 24.3 Å². The van der Waals surface area contributed by atoms with Crippen molar-refractivity contribution < 1.29 is 27.8 Å². The van der Waals surface area contributed by atoms with Crippen molar-refractivity contribution in [1.29, 1.82) is 0 Å². The van der Waals surface area contributed by atoms with E-state index in [-0.39, 0.29) is 33.4 Å². The van der Waals surface area contributed by atoms with Gasteiger partial charge in [0.2, 0.25) is 17.9 Å². The molecular weight excluding hydrogens is 570 g/mol. The molecule has 0 amide bonds. The van der Waals surface area contributed by atoms with E-state index in [1.165, 1.54) is 24.3 Å². The number of nitrogens with zero attached hydrogens (tertiary/aromatic N) is 3. The molecule has 2 aliphatic rings. The lowest BCUT2D eigenvalue weighted by molar-refractivity contribution is -0.198. The fourth-order valence-electron chi connectivity index (χ4n) is 5.43. The quantitative estimate of drug-likeness (QED) is 0.330. The number of nitrogen functional groups attached to an aromatic ring is 1. The van der Waals surface area contributed by atoms with E-state index in [1.807, 2.05) is 4.90 Å². The topological polar surface area (TPSA) is 114 Å². The number of piperidine rings is 1. The molecule has 5 rings (SSSR count). The first-order valence-electron chi connectivity index (χ1n) is 12.6. The van der Waals surface area contributed by atoms with Crippen LogP contribution in [-0.2, 0) is 4.79 Å². The molecule has 0 saturated carbocycles. The van der Waals surface area contributed by atoms with Crippen LogP contribution < -0.4 is 20.7 Å². The average Bonchev–Trinajstić information content (AvgIpc) is 3.31. The van der Waals surface area contributed by atoms with E-state index < -0.39 is 24.3 Å². The summed E-state index contributed by atoms with van der Waals surface area (Å²) in [5.41, 5.74) is 6.24. The Morgan fingerprint density at radius 1 is 1.12 bits per heavy atom. The van der Waals surface area contributed by atoms with Crippen LogP contribution in [0.25, 0.3) is 11.1 Å². The molecule has 0 bridgehead atoms. The molecule has 4 N–H and O–H groups in total. The van der Waals surface area contributed by atoms with Gasteiger partial charge in [-0.3, -0.25) is 4.79 Å². The third-order valence-electron chi connectivity index (χ3n) is 7.48. The van der Waals surface area contributed by atoms with E-state index in [0.717, 1.165) is 0 Å². The van der Waals surface area contributed by atoms with Crippen molar-refractivity contribution in [2.75, 3.05) is 30.3 Å². The fourth-order valence-corrected chi connectivity index (χ4v) is 5.79. The minimum absolute atomic E-state index is 0.149. The second-order valence-corrected chi connectivity index (χ2v) is 11.0. The van der Waals surface area contributed by atoms with Crippen LogP contribution in [0.1, 0.15) is 30.9 Å². The Hall–Kier alpha value is -3.28. The third kappa shape index (κ3) is 6.06. The number of carboxylic acids is 1.